The van der Waals surface area contributed by atoms with E-state index in [4.69, 9.17) is 4.74 Å². The van der Waals surface area contributed by atoms with Crippen molar-refractivity contribution in [3.05, 3.63) is 40.2 Å². The molecule has 166 valence electrons. The summed E-state index contributed by atoms with van der Waals surface area (Å²) < 4.78 is 49.0. The standard InChI is InChI=1S/C21H29F3N4O2/c1-8-27(6)12-25-18-10-19(30-7)17(9-13(18)2)20(29,21(22,23)24)11-28-16(5)14(3)15(4)26-28/h9-10,12,29H,8,11H2,1-7H3/b25-12+. The van der Waals surface area contributed by atoms with Crippen LogP contribution in [0.3, 0.4) is 0 Å². The third-order valence-electron chi connectivity index (χ3n) is 5.45. The zero-order chi connectivity index (χ0) is 22.9. The van der Waals surface area contributed by atoms with Crippen LogP contribution in [0.25, 0.3) is 0 Å². The molecule has 1 unspecified atom stereocenters. The minimum atomic E-state index is -4.96. The maximum Gasteiger partial charge on any atom is 0.423 e. The molecule has 0 fully saturated rings. The predicted octanol–water partition coefficient (Wildman–Crippen LogP) is 4.19. The van der Waals surface area contributed by atoms with Gasteiger partial charge < -0.3 is 14.7 Å². The molecule has 0 bridgehead atoms. The summed E-state index contributed by atoms with van der Waals surface area (Å²) in [5.41, 5.74) is -0.655. The molecule has 0 radical (unpaired) electrons. The molecule has 1 N–H and O–H groups in total. The fraction of sp³-hybridized carbons (Fsp3) is 0.524. The van der Waals surface area contributed by atoms with Gasteiger partial charge in [-0.3, -0.25) is 4.68 Å². The summed E-state index contributed by atoms with van der Waals surface area (Å²) in [6, 6.07) is 2.69. The van der Waals surface area contributed by atoms with Crippen molar-refractivity contribution in [1.82, 2.24) is 14.7 Å². The quantitative estimate of drug-likeness (QED) is 0.533. The van der Waals surface area contributed by atoms with E-state index in [-0.39, 0.29) is 11.3 Å². The summed E-state index contributed by atoms with van der Waals surface area (Å²) in [7, 11) is 3.10. The number of alkyl halides is 3. The van der Waals surface area contributed by atoms with Crippen molar-refractivity contribution >= 4 is 12.0 Å². The normalized spacial score (nSPS) is 14.2. The number of hydrogen-bond donors (Lipinski definition) is 1. The second-order valence-corrected chi connectivity index (χ2v) is 7.47. The van der Waals surface area contributed by atoms with Gasteiger partial charge in [-0.25, -0.2) is 4.99 Å². The topological polar surface area (TPSA) is 62.9 Å². The molecule has 0 aliphatic carbocycles. The molecule has 1 aromatic heterocycles. The highest BCUT2D eigenvalue weighted by molar-refractivity contribution is 5.65. The number of halogens is 3. The molecule has 0 saturated heterocycles. The Labute approximate surface area is 175 Å². The van der Waals surface area contributed by atoms with Crippen molar-refractivity contribution in [3.8, 4) is 5.75 Å². The molecule has 0 aliphatic rings. The average molecular weight is 426 g/mol. The zero-order valence-electron chi connectivity index (χ0n) is 18.4. The Bertz CT molecular complexity index is 937. The summed E-state index contributed by atoms with van der Waals surface area (Å²) in [6.07, 6.45) is -3.36. The Balaban J connectivity index is 2.63. The van der Waals surface area contributed by atoms with E-state index in [0.717, 1.165) is 12.1 Å². The van der Waals surface area contributed by atoms with Crippen molar-refractivity contribution < 1.29 is 23.0 Å². The molecule has 0 saturated carbocycles. The molecule has 0 spiro atoms. The molecule has 0 aliphatic heterocycles. The number of aryl methyl sites for hydroxylation is 2. The van der Waals surface area contributed by atoms with Gasteiger partial charge in [-0.2, -0.15) is 18.3 Å². The maximum atomic E-state index is 14.2. The van der Waals surface area contributed by atoms with Gasteiger partial charge in [-0.15, -0.1) is 0 Å². The molecule has 30 heavy (non-hydrogen) atoms. The summed E-state index contributed by atoms with van der Waals surface area (Å²) >= 11 is 0. The summed E-state index contributed by atoms with van der Waals surface area (Å²) in [5, 5.41) is 15.1. The van der Waals surface area contributed by atoms with E-state index >= 15 is 0 Å². The SMILES string of the molecule is CCN(C)/C=N/c1cc(OC)c(C(O)(Cn2nc(C)c(C)c2C)C(F)(F)F)cc1C. The highest BCUT2D eigenvalue weighted by Gasteiger charge is 2.57. The first-order valence-corrected chi connectivity index (χ1v) is 9.59. The molecule has 0 amide bonds. The van der Waals surface area contributed by atoms with Gasteiger partial charge in [0.1, 0.15) is 5.75 Å². The number of rotatable bonds is 7. The first-order valence-electron chi connectivity index (χ1n) is 9.59. The minimum Gasteiger partial charge on any atom is -0.496 e. The molecule has 1 heterocycles. The van der Waals surface area contributed by atoms with Crippen LogP contribution in [0.5, 0.6) is 5.75 Å². The van der Waals surface area contributed by atoms with E-state index in [0.29, 0.717) is 22.6 Å². The van der Waals surface area contributed by atoms with Crippen LogP contribution in [-0.2, 0) is 12.1 Å². The lowest BCUT2D eigenvalue weighted by Crippen LogP contribution is -2.46. The first-order chi connectivity index (χ1) is 13.9. The van der Waals surface area contributed by atoms with E-state index in [9.17, 15) is 18.3 Å². The van der Waals surface area contributed by atoms with Crippen LogP contribution in [0.15, 0.2) is 17.1 Å². The maximum absolute atomic E-state index is 14.2. The third-order valence-corrected chi connectivity index (χ3v) is 5.45. The van der Waals surface area contributed by atoms with E-state index in [1.54, 1.807) is 34.0 Å². The van der Waals surface area contributed by atoms with Gasteiger partial charge in [-0.05, 0) is 51.8 Å². The van der Waals surface area contributed by atoms with Gasteiger partial charge in [0.25, 0.3) is 0 Å². The molecule has 9 heteroatoms. The van der Waals surface area contributed by atoms with Crippen LogP contribution in [0.2, 0.25) is 0 Å². The van der Waals surface area contributed by atoms with Crippen molar-refractivity contribution in [3.63, 3.8) is 0 Å². The van der Waals surface area contributed by atoms with Crippen LogP contribution in [0, 0.1) is 27.7 Å². The summed E-state index contributed by atoms with van der Waals surface area (Å²) in [5.74, 6) is -0.0926. The zero-order valence-corrected chi connectivity index (χ0v) is 18.4. The van der Waals surface area contributed by atoms with E-state index in [1.165, 1.54) is 23.9 Å². The predicted molar refractivity (Wildman–Crippen MR) is 111 cm³/mol. The average Bonchev–Trinajstić information content (AvgIpc) is 2.91. The fourth-order valence-corrected chi connectivity index (χ4v) is 3.04. The number of ether oxygens (including phenoxy) is 1. The molecular formula is C21H29F3N4O2. The first kappa shape index (κ1) is 23.7. The van der Waals surface area contributed by atoms with Crippen LogP contribution in [0.4, 0.5) is 18.9 Å². The summed E-state index contributed by atoms with van der Waals surface area (Å²) in [4.78, 5) is 6.15. The Morgan fingerprint density at radius 1 is 1.23 bits per heavy atom. The van der Waals surface area contributed by atoms with E-state index in [1.807, 2.05) is 18.9 Å². The van der Waals surface area contributed by atoms with E-state index < -0.39 is 18.3 Å². The lowest BCUT2D eigenvalue weighted by atomic mass is 9.90. The van der Waals surface area contributed by atoms with Crippen LogP contribution >= 0.6 is 0 Å². The molecule has 6 nitrogen and oxygen atoms in total. The largest absolute Gasteiger partial charge is 0.496 e. The van der Waals surface area contributed by atoms with Gasteiger partial charge in [0.05, 0.1) is 31.4 Å². The third kappa shape index (κ3) is 4.45. The number of methoxy groups -OCH3 is 1. The molecule has 1 atom stereocenters. The van der Waals surface area contributed by atoms with Gasteiger partial charge >= 0.3 is 6.18 Å². The Hall–Kier alpha value is -2.55. The smallest absolute Gasteiger partial charge is 0.423 e. The Morgan fingerprint density at radius 2 is 1.87 bits per heavy atom. The fourth-order valence-electron chi connectivity index (χ4n) is 3.04. The highest BCUT2D eigenvalue weighted by Crippen LogP contribution is 2.46. The highest BCUT2D eigenvalue weighted by atomic mass is 19.4. The van der Waals surface area contributed by atoms with Crippen molar-refractivity contribution in [2.75, 3.05) is 20.7 Å². The molecule has 2 rings (SSSR count). The van der Waals surface area contributed by atoms with Crippen molar-refractivity contribution in [1.29, 1.82) is 0 Å². The van der Waals surface area contributed by atoms with Crippen molar-refractivity contribution in [2.24, 2.45) is 4.99 Å². The monoisotopic (exact) mass is 426 g/mol. The van der Waals surface area contributed by atoms with E-state index in [2.05, 4.69) is 10.1 Å². The number of benzene rings is 1. The Kier molecular flexibility index (Phi) is 6.86. The lowest BCUT2D eigenvalue weighted by molar-refractivity contribution is -0.273. The number of hydrogen-bond acceptors (Lipinski definition) is 4. The second kappa shape index (κ2) is 8.67. The van der Waals surface area contributed by atoms with Gasteiger partial charge in [0, 0.05) is 30.9 Å². The molecule has 2 aromatic rings. The number of aliphatic imine (C=N–C) groups is 1. The summed E-state index contributed by atoms with van der Waals surface area (Å²) in [6.45, 7) is 8.72. The number of aromatic nitrogens is 2. The number of aliphatic hydroxyl groups is 1. The van der Waals surface area contributed by atoms with Crippen LogP contribution in [0.1, 0.15) is 35.0 Å². The van der Waals surface area contributed by atoms with Crippen molar-refractivity contribution in [2.45, 2.75) is 52.9 Å². The minimum absolute atomic E-state index is 0.0926. The molecular weight excluding hydrogens is 397 g/mol. The number of nitrogens with zero attached hydrogens (tertiary/aromatic N) is 4. The lowest BCUT2D eigenvalue weighted by Gasteiger charge is -2.32. The second-order valence-electron chi connectivity index (χ2n) is 7.47. The van der Waals surface area contributed by atoms with Crippen LogP contribution in [-0.4, -0.2) is 53.0 Å². The van der Waals surface area contributed by atoms with Gasteiger partial charge in [0.15, 0.2) is 0 Å². The van der Waals surface area contributed by atoms with Gasteiger partial charge in [-0.1, -0.05) is 0 Å². The van der Waals surface area contributed by atoms with Crippen LogP contribution < -0.4 is 4.74 Å². The van der Waals surface area contributed by atoms with Gasteiger partial charge in [0.2, 0.25) is 5.60 Å². The Morgan fingerprint density at radius 3 is 2.33 bits per heavy atom. The molecule has 1 aromatic carbocycles.